The van der Waals surface area contributed by atoms with Gasteiger partial charge < -0.3 is 0 Å². The molecule has 0 amide bonds. The summed E-state index contributed by atoms with van der Waals surface area (Å²) in [6, 6.07) is 11.6. The summed E-state index contributed by atoms with van der Waals surface area (Å²) in [6.45, 7) is 0.144. The number of hydrogen-bond donors (Lipinski definition) is 0. The summed E-state index contributed by atoms with van der Waals surface area (Å²) in [4.78, 5) is 14.3. The first-order valence-corrected chi connectivity index (χ1v) is 4.04. The largest absolute Gasteiger partial charge is 0.251 e. The number of fused-ring (bicyclic) bond motifs is 1. The van der Waals surface area contributed by atoms with Gasteiger partial charge >= 0.3 is 0 Å². The number of nitrogens with zero attached hydrogens (tertiary/aromatic N) is 2. The monoisotopic (exact) mass is 172 g/mol. The van der Waals surface area contributed by atoms with E-state index in [1.807, 2.05) is 36.4 Å². The van der Waals surface area contributed by atoms with Crippen LogP contribution in [0.2, 0.25) is 0 Å². The van der Waals surface area contributed by atoms with E-state index >= 15 is 0 Å². The maximum absolute atomic E-state index is 10.0. The van der Waals surface area contributed by atoms with E-state index in [-0.39, 0.29) is 6.54 Å². The zero-order chi connectivity index (χ0) is 9.10. The van der Waals surface area contributed by atoms with Gasteiger partial charge in [0, 0.05) is 5.39 Å². The second kappa shape index (κ2) is 3.31. The smallest absolute Gasteiger partial charge is 0.123 e. The van der Waals surface area contributed by atoms with Crippen molar-refractivity contribution in [2.24, 2.45) is 5.18 Å². The zero-order valence-electron chi connectivity index (χ0n) is 6.97. The first kappa shape index (κ1) is 7.86. The third-order valence-corrected chi connectivity index (χ3v) is 1.88. The van der Waals surface area contributed by atoms with Gasteiger partial charge in [-0.1, -0.05) is 29.4 Å². The van der Waals surface area contributed by atoms with Crippen LogP contribution in [0.25, 0.3) is 10.9 Å². The van der Waals surface area contributed by atoms with Crippen LogP contribution in [0.15, 0.2) is 41.6 Å². The molecule has 0 saturated heterocycles. The standard InChI is InChI=1S/C10H8N2O/c13-11-7-9-6-5-8-3-1-2-4-10(8)12-9/h1-6H,7H2. The highest BCUT2D eigenvalue weighted by molar-refractivity contribution is 5.78. The van der Waals surface area contributed by atoms with E-state index in [1.165, 1.54) is 0 Å². The molecule has 0 N–H and O–H groups in total. The van der Waals surface area contributed by atoms with Crippen LogP contribution < -0.4 is 0 Å². The average Bonchev–Trinajstić information content (AvgIpc) is 2.18. The molecule has 0 saturated carbocycles. The fraction of sp³-hybridized carbons (Fsp3) is 0.100. The Morgan fingerprint density at radius 2 is 2.00 bits per heavy atom. The lowest BCUT2D eigenvalue weighted by Crippen LogP contribution is -1.87. The number of aromatic nitrogens is 1. The van der Waals surface area contributed by atoms with Gasteiger partial charge in [-0.3, -0.25) is 4.98 Å². The Morgan fingerprint density at radius 3 is 2.85 bits per heavy atom. The van der Waals surface area contributed by atoms with Crippen LogP contribution in [0, 0.1) is 4.91 Å². The van der Waals surface area contributed by atoms with Gasteiger partial charge in [-0.05, 0) is 12.1 Å². The van der Waals surface area contributed by atoms with Crippen molar-refractivity contribution in [3.05, 3.63) is 47.0 Å². The van der Waals surface area contributed by atoms with E-state index in [0.29, 0.717) is 5.69 Å². The molecule has 0 fully saturated rings. The Hall–Kier alpha value is -1.77. The molecule has 64 valence electrons. The summed E-state index contributed by atoms with van der Waals surface area (Å²) in [5.41, 5.74) is 1.62. The number of hydrogen-bond acceptors (Lipinski definition) is 3. The van der Waals surface area contributed by atoms with Gasteiger partial charge in [0.1, 0.15) is 6.54 Å². The normalized spacial score (nSPS) is 10.2. The predicted octanol–water partition coefficient (Wildman–Crippen LogP) is 2.50. The number of nitroso groups, excluding NO2 is 1. The number of para-hydroxylation sites is 1. The van der Waals surface area contributed by atoms with Crippen molar-refractivity contribution >= 4 is 10.9 Å². The topological polar surface area (TPSA) is 42.3 Å². The van der Waals surface area contributed by atoms with Gasteiger partial charge in [0.05, 0.1) is 11.2 Å². The highest BCUT2D eigenvalue weighted by atomic mass is 16.3. The van der Waals surface area contributed by atoms with Gasteiger partial charge in [-0.2, -0.15) is 4.91 Å². The first-order valence-electron chi connectivity index (χ1n) is 4.04. The van der Waals surface area contributed by atoms with Crippen molar-refractivity contribution in [2.75, 3.05) is 0 Å². The number of rotatable bonds is 2. The number of pyridine rings is 1. The molecular formula is C10H8N2O. The number of benzene rings is 1. The third-order valence-electron chi connectivity index (χ3n) is 1.88. The molecule has 0 aliphatic heterocycles. The Morgan fingerprint density at radius 1 is 1.15 bits per heavy atom. The Labute approximate surface area is 75.4 Å². The molecule has 3 heteroatoms. The summed E-state index contributed by atoms with van der Waals surface area (Å²) >= 11 is 0. The van der Waals surface area contributed by atoms with Crippen LogP contribution in [0.5, 0.6) is 0 Å². The Bertz CT molecular complexity index is 440. The summed E-state index contributed by atoms with van der Waals surface area (Å²) in [5.74, 6) is 0. The van der Waals surface area contributed by atoms with Crippen molar-refractivity contribution in [3.63, 3.8) is 0 Å². The molecular weight excluding hydrogens is 164 g/mol. The summed E-state index contributed by atoms with van der Waals surface area (Å²) in [5, 5.41) is 3.88. The maximum atomic E-state index is 10.0. The fourth-order valence-corrected chi connectivity index (χ4v) is 1.26. The van der Waals surface area contributed by atoms with Gasteiger partial charge in [0.25, 0.3) is 0 Å². The SMILES string of the molecule is O=NCc1ccc2ccccc2n1. The van der Waals surface area contributed by atoms with Crippen LogP contribution in [0.4, 0.5) is 0 Å². The van der Waals surface area contributed by atoms with E-state index in [1.54, 1.807) is 0 Å². The van der Waals surface area contributed by atoms with E-state index in [9.17, 15) is 4.91 Å². The molecule has 0 atom stereocenters. The molecule has 0 spiro atoms. The van der Waals surface area contributed by atoms with Crippen LogP contribution in [-0.2, 0) is 6.54 Å². The van der Waals surface area contributed by atoms with Gasteiger partial charge in [-0.15, -0.1) is 0 Å². The molecule has 1 aromatic carbocycles. The van der Waals surface area contributed by atoms with Crippen molar-refractivity contribution in [1.82, 2.24) is 4.98 Å². The second-order valence-electron chi connectivity index (χ2n) is 2.78. The van der Waals surface area contributed by atoms with Crippen LogP contribution in [-0.4, -0.2) is 4.98 Å². The second-order valence-corrected chi connectivity index (χ2v) is 2.78. The molecule has 0 aliphatic rings. The lowest BCUT2D eigenvalue weighted by atomic mass is 10.2. The molecule has 3 nitrogen and oxygen atoms in total. The maximum Gasteiger partial charge on any atom is 0.123 e. The summed E-state index contributed by atoms with van der Waals surface area (Å²) in [7, 11) is 0. The van der Waals surface area contributed by atoms with Crippen LogP contribution in [0.1, 0.15) is 5.69 Å². The lowest BCUT2D eigenvalue weighted by molar-refractivity contribution is 0.996. The zero-order valence-corrected chi connectivity index (χ0v) is 6.97. The van der Waals surface area contributed by atoms with E-state index in [2.05, 4.69) is 10.2 Å². The Balaban J connectivity index is 2.55. The first-order chi connectivity index (χ1) is 6.40. The van der Waals surface area contributed by atoms with Crippen molar-refractivity contribution in [1.29, 1.82) is 0 Å². The molecule has 1 heterocycles. The predicted molar refractivity (Wildman–Crippen MR) is 51.2 cm³/mol. The molecule has 2 aromatic rings. The third kappa shape index (κ3) is 1.54. The molecule has 0 unspecified atom stereocenters. The minimum Gasteiger partial charge on any atom is -0.251 e. The summed E-state index contributed by atoms with van der Waals surface area (Å²) in [6.07, 6.45) is 0. The highest BCUT2D eigenvalue weighted by Crippen LogP contribution is 2.11. The quantitative estimate of drug-likeness (QED) is 0.653. The minimum absolute atomic E-state index is 0.144. The molecule has 0 radical (unpaired) electrons. The molecule has 1 aromatic heterocycles. The van der Waals surface area contributed by atoms with Crippen LogP contribution >= 0.6 is 0 Å². The van der Waals surface area contributed by atoms with E-state index < -0.39 is 0 Å². The van der Waals surface area contributed by atoms with Crippen molar-refractivity contribution in [2.45, 2.75) is 6.54 Å². The molecule has 2 rings (SSSR count). The van der Waals surface area contributed by atoms with Gasteiger partial charge in [0.2, 0.25) is 0 Å². The molecule has 0 aliphatic carbocycles. The molecule has 0 bridgehead atoms. The highest BCUT2D eigenvalue weighted by Gasteiger charge is 1.96. The lowest BCUT2D eigenvalue weighted by Gasteiger charge is -1.97. The van der Waals surface area contributed by atoms with Gasteiger partial charge in [0.15, 0.2) is 0 Å². The van der Waals surface area contributed by atoms with Crippen LogP contribution in [0.3, 0.4) is 0 Å². The minimum atomic E-state index is 0.144. The van der Waals surface area contributed by atoms with E-state index in [0.717, 1.165) is 10.9 Å². The van der Waals surface area contributed by atoms with Crippen molar-refractivity contribution in [3.8, 4) is 0 Å². The van der Waals surface area contributed by atoms with Gasteiger partial charge in [-0.25, -0.2) is 0 Å². The summed E-state index contributed by atoms with van der Waals surface area (Å²) < 4.78 is 0. The fourth-order valence-electron chi connectivity index (χ4n) is 1.26. The Kier molecular flexibility index (Phi) is 2.00. The average molecular weight is 172 g/mol. The van der Waals surface area contributed by atoms with Crippen molar-refractivity contribution < 1.29 is 0 Å². The van der Waals surface area contributed by atoms with E-state index in [4.69, 9.17) is 0 Å². The molecule has 13 heavy (non-hydrogen) atoms.